The fraction of sp³-hybridized carbons (Fsp3) is 0.235. The molecule has 2 aromatic carbocycles. The normalized spacial score (nSPS) is 11.8. The predicted molar refractivity (Wildman–Crippen MR) is 79.5 cm³/mol. The number of nitrogens with one attached hydrogen (secondary N) is 1. The summed E-state index contributed by atoms with van der Waals surface area (Å²) in [6.07, 6.45) is -0.591. The first-order valence-corrected chi connectivity index (χ1v) is 6.80. The molecule has 0 saturated heterocycles. The molecule has 2 aromatic rings. The Morgan fingerprint density at radius 3 is 2.52 bits per heavy atom. The smallest absolute Gasteiger partial charge is 0.261 e. The van der Waals surface area contributed by atoms with Gasteiger partial charge in [0.1, 0.15) is 11.6 Å². The lowest BCUT2D eigenvalue weighted by molar-refractivity contribution is -0.127. The SMILES string of the molecule is Cc1ccccc1O[C@@H](C)C(=O)NCc1ccc(F)cc1. The van der Waals surface area contributed by atoms with E-state index in [1.165, 1.54) is 12.1 Å². The third kappa shape index (κ3) is 4.31. The molecule has 3 nitrogen and oxygen atoms in total. The van der Waals surface area contributed by atoms with E-state index in [9.17, 15) is 9.18 Å². The van der Waals surface area contributed by atoms with Gasteiger partial charge in [0.05, 0.1) is 0 Å². The topological polar surface area (TPSA) is 38.3 Å². The van der Waals surface area contributed by atoms with Gasteiger partial charge in [-0.2, -0.15) is 0 Å². The van der Waals surface area contributed by atoms with Crippen LogP contribution in [0.2, 0.25) is 0 Å². The number of carbonyl (C=O) groups is 1. The second-order valence-electron chi connectivity index (χ2n) is 4.87. The molecule has 0 bridgehead atoms. The largest absolute Gasteiger partial charge is 0.481 e. The number of hydrogen-bond acceptors (Lipinski definition) is 2. The summed E-state index contributed by atoms with van der Waals surface area (Å²) < 4.78 is 18.4. The average molecular weight is 287 g/mol. The molecule has 1 amide bonds. The summed E-state index contributed by atoms with van der Waals surface area (Å²) in [5, 5.41) is 2.77. The van der Waals surface area contributed by atoms with E-state index in [0.29, 0.717) is 12.3 Å². The minimum absolute atomic E-state index is 0.206. The predicted octanol–water partition coefficient (Wildman–Crippen LogP) is 3.22. The van der Waals surface area contributed by atoms with Crippen molar-refractivity contribution >= 4 is 5.91 Å². The number of rotatable bonds is 5. The van der Waals surface area contributed by atoms with Gasteiger partial charge in [0.15, 0.2) is 6.10 Å². The van der Waals surface area contributed by atoms with Crippen LogP contribution in [0.25, 0.3) is 0 Å². The zero-order chi connectivity index (χ0) is 15.2. The summed E-state index contributed by atoms with van der Waals surface area (Å²) in [6.45, 7) is 3.98. The lowest BCUT2D eigenvalue weighted by atomic mass is 10.2. The van der Waals surface area contributed by atoms with Crippen LogP contribution in [-0.4, -0.2) is 12.0 Å². The van der Waals surface area contributed by atoms with E-state index < -0.39 is 6.10 Å². The third-order valence-electron chi connectivity index (χ3n) is 3.15. The number of ether oxygens (including phenoxy) is 1. The molecule has 0 fully saturated rings. The van der Waals surface area contributed by atoms with Crippen molar-refractivity contribution in [2.45, 2.75) is 26.5 Å². The Kier molecular flexibility index (Phi) is 4.93. The standard InChI is InChI=1S/C17H18FNO2/c1-12-5-3-4-6-16(12)21-13(2)17(20)19-11-14-7-9-15(18)10-8-14/h3-10,13H,11H2,1-2H3,(H,19,20)/t13-/m0/s1. The Balaban J connectivity index is 1.88. The van der Waals surface area contributed by atoms with Gasteiger partial charge in [0, 0.05) is 6.54 Å². The van der Waals surface area contributed by atoms with Crippen molar-refractivity contribution in [2.24, 2.45) is 0 Å². The molecule has 2 rings (SSSR count). The molecular weight excluding hydrogens is 269 g/mol. The highest BCUT2D eigenvalue weighted by Gasteiger charge is 2.15. The zero-order valence-electron chi connectivity index (χ0n) is 12.1. The molecule has 21 heavy (non-hydrogen) atoms. The third-order valence-corrected chi connectivity index (χ3v) is 3.15. The van der Waals surface area contributed by atoms with Crippen molar-refractivity contribution < 1.29 is 13.9 Å². The minimum atomic E-state index is -0.591. The second kappa shape index (κ2) is 6.88. The molecule has 0 radical (unpaired) electrons. The van der Waals surface area contributed by atoms with Crippen LogP contribution >= 0.6 is 0 Å². The molecule has 0 saturated carbocycles. The van der Waals surface area contributed by atoms with Gasteiger partial charge in [0.2, 0.25) is 0 Å². The highest BCUT2D eigenvalue weighted by molar-refractivity contribution is 5.80. The Morgan fingerprint density at radius 2 is 1.86 bits per heavy atom. The summed E-state index contributed by atoms with van der Waals surface area (Å²) in [7, 11) is 0. The van der Waals surface area contributed by atoms with E-state index in [0.717, 1.165) is 11.1 Å². The molecule has 0 spiro atoms. The first-order chi connectivity index (χ1) is 10.1. The molecule has 0 heterocycles. The van der Waals surface area contributed by atoms with E-state index >= 15 is 0 Å². The van der Waals surface area contributed by atoms with E-state index in [4.69, 9.17) is 4.74 Å². The quantitative estimate of drug-likeness (QED) is 0.917. The van der Waals surface area contributed by atoms with Crippen LogP contribution in [-0.2, 0) is 11.3 Å². The van der Waals surface area contributed by atoms with Crippen molar-refractivity contribution in [1.82, 2.24) is 5.32 Å². The number of benzene rings is 2. The fourth-order valence-corrected chi connectivity index (χ4v) is 1.87. The zero-order valence-corrected chi connectivity index (χ0v) is 12.1. The maximum absolute atomic E-state index is 12.8. The molecule has 1 atom stereocenters. The van der Waals surface area contributed by atoms with E-state index in [1.807, 2.05) is 31.2 Å². The van der Waals surface area contributed by atoms with Gasteiger partial charge in [-0.05, 0) is 43.2 Å². The van der Waals surface area contributed by atoms with Crippen LogP contribution < -0.4 is 10.1 Å². The van der Waals surface area contributed by atoms with Crippen LogP contribution in [0.3, 0.4) is 0 Å². The Hall–Kier alpha value is -2.36. The Bertz CT molecular complexity index is 610. The number of halogens is 1. The van der Waals surface area contributed by atoms with Crippen LogP contribution in [0.5, 0.6) is 5.75 Å². The van der Waals surface area contributed by atoms with Crippen molar-refractivity contribution in [3.63, 3.8) is 0 Å². The summed E-state index contributed by atoms with van der Waals surface area (Å²) in [4.78, 5) is 12.0. The number of hydrogen-bond donors (Lipinski definition) is 1. The summed E-state index contributed by atoms with van der Waals surface area (Å²) in [5.41, 5.74) is 1.82. The second-order valence-corrected chi connectivity index (χ2v) is 4.87. The Morgan fingerprint density at radius 1 is 1.19 bits per heavy atom. The molecule has 0 aromatic heterocycles. The van der Waals surface area contributed by atoms with Crippen molar-refractivity contribution in [3.8, 4) is 5.75 Å². The lowest BCUT2D eigenvalue weighted by Gasteiger charge is -2.16. The van der Waals surface area contributed by atoms with Gasteiger partial charge in [0.25, 0.3) is 5.91 Å². The molecule has 0 aliphatic rings. The number of para-hydroxylation sites is 1. The van der Waals surface area contributed by atoms with Crippen molar-refractivity contribution in [1.29, 1.82) is 0 Å². The molecule has 110 valence electrons. The lowest BCUT2D eigenvalue weighted by Crippen LogP contribution is -2.36. The summed E-state index contributed by atoms with van der Waals surface area (Å²) in [5.74, 6) is 0.200. The Labute approximate surface area is 123 Å². The molecule has 1 N–H and O–H groups in total. The van der Waals surface area contributed by atoms with E-state index in [1.54, 1.807) is 19.1 Å². The maximum atomic E-state index is 12.8. The van der Waals surface area contributed by atoms with Gasteiger partial charge in [-0.15, -0.1) is 0 Å². The van der Waals surface area contributed by atoms with E-state index in [-0.39, 0.29) is 11.7 Å². The van der Waals surface area contributed by atoms with Crippen LogP contribution in [0, 0.1) is 12.7 Å². The highest BCUT2D eigenvalue weighted by atomic mass is 19.1. The minimum Gasteiger partial charge on any atom is -0.481 e. The molecule has 0 aliphatic heterocycles. The number of aryl methyl sites for hydroxylation is 1. The van der Waals surface area contributed by atoms with Crippen LogP contribution in [0.15, 0.2) is 48.5 Å². The van der Waals surface area contributed by atoms with Gasteiger partial charge in [-0.1, -0.05) is 30.3 Å². The fourth-order valence-electron chi connectivity index (χ4n) is 1.87. The van der Waals surface area contributed by atoms with Gasteiger partial charge in [-0.3, -0.25) is 4.79 Å². The maximum Gasteiger partial charge on any atom is 0.261 e. The first kappa shape index (κ1) is 15.0. The van der Waals surface area contributed by atoms with Crippen LogP contribution in [0.1, 0.15) is 18.1 Å². The molecule has 0 aliphatic carbocycles. The van der Waals surface area contributed by atoms with Gasteiger partial charge in [-0.25, -0.2) is 4.39 Å². The van der Waals surface area contributed by atoms with Crippen LogP contribution in [0.4, 0.5) is 4.39 Å². The summed E-state index contributed by atoms with van der Waals surface area (Å²) >= 11 is 0. The first-order valence-electron chi connectivity index (χ1n) is 6.80. The number of amides is 1. The monoisotopic (exact) mass is 287 g/mol. The molecule has 4 heteroatoms. The van der Waals surface area contributed by atoms with E-state index in [2.05, 4.69) is 5.32 Å². The van der Waals surface area contributed by atoms with Gasteiger partial charge >= 0.3 is 0 Å². The van der Waals surface area contributed by atoms with Gasteiger partial charge < -0.3 is 10.1 Å². The summed E-state index contributed by atoms with van der Waals surface area (Å²) in [6, 6.07) is 13.6. The average Bonchev–Trinajstić information content (AvgIpc) is 2.48. The van der Waals surface area contributed by atoms with Crippen molar-refractivity contribution in [2.75, 3.05) is 0 Å². The molecule has 0 unspecified atom stereocenters. The molecular formula is C17H18FNO2. The number of carbonyl (C=O) groups excluding carboxylic acids is 1. The highest BCUT2D eigenvalue weighted by Crippen LogP contribution is 2.17. The van der Waals surface area contributed by atoms with Crippen molar-refractivity contribution in [3.05, 3.63) is 65.5 Å².